The molecule has 1 fully saturated rings. The van der Waals surface area contributed by atoms with E-state index in [-0.39, 0.29) is 0 Å². The lowest BCUT2D eigenvalue weighted by Crippen LogP contribution is -2.52. The minimum Gasteiger partial charge on any atom is -0.366 e. The SMILES string of the molecule is CNCCC1CN(C)CCN1c1ccc(Cl)cc1. The molecule has 1 atom stereocenters. The van der Waals surface area contributed by atoms with Crippen LogP contribution in [0.2, 0.25) is 5.02 Å². The first-order chi connectivity index (χ1) is 8.70. The van der Waals surface area contributed by atoms with Crippen LogP contribution in [-0.4, -0.2) is 51.2 Å². The van der Waals surface area contributed by atoms with Crippen LogP contribution in [0.5, 0.6) is 0 Å². The van der Waals surface area contributed by atoms with Crippen molar-refractivity contribution in [3.8, 4) is 0 Å². The number of likely N-dealkylation sites (N-methyl/N-ethyl adjacent to an activating group) is 1. The predicted octanol–water partition coefficient (Wildman–Crippen LogP) is 2.07. The lowest BCUT2D eigenvalue weighted by atomic mass is 10.1. The van der Waals surface area contributed by atoms with Crippen LogP contribution in [0, 0.1) is 0 Å². The smallest absolute Gasteiger partial charge is 0.0429 e. The van der Waals surface area contributed by atoms with Gasteiger partial charge in [-0.15, -0.1) is 0 Å². The zero-order valence-electron chi connectivity index (χ0n) is 11.2. The highest BCUT2D eigenvalue weighted by molar-refractivity contribution is 6.30. The van der Waals surface area contributed by atoms with E-state index >= 15 is 0 Å². The highest BCUT2D eigenvalue weighted by atomic mass is 35.5. The zero-order chi connectivity index (χ0) is 13.0. The normalized spacial score (nSPS) is 21.3. The van der Waals surface area contributed by atoms with E-state index in [0.29, 0.717) is 6.04 Å². The first kappa shape index (κ1) is 13.7. The molecular formula is C14H22ClN3. The summed E-state index contributed by atoms with van der Waals surface area (Å²) < 4.78 is 0. The molecule has 1 heterocycles. The number of hydrogen-bond acceptors (Lipinski definition) is 3. The molecule has 1 unspecified atom stereocenters. The van der Waals surface area contributed by atoms with Crippen LogP contribution in [0.4, 0.5) is 5.69 Å². The maximum absolute atomic E-state index is 5.96. The van der Waals surface area contributed by atoms with Gasteiger partial charge in [0.2, 0.25) is 0 Å². The largest absolute Gasteiger partial charge is 0.366 e. The van der Waals surface area contributed by atoms with E-state index < -0.39 is 0 Å². The average molecular weight is 268 g/mol. The van der Waals surface area contributed by atoms with Crippen molar-refractivity contribution in [1.29, 1.82) is 0 Å². The van der Waals surface area contributed by atoms with Crippen LogP contribution in [0.15, 0.2) is 24.3 Å². The minimum atomic E-state index is 0.581. The Balaban J connectivity index is 2.09. The summed E-state index contributed by atoms with van der Waals surface area (Å²) in [7, 11) is 4.21. The van der Waals surface area contributed by atoms with Crippen LogP contribution in [-0.2, 0) is 0 Å². The van der Waals surface area contributed by atoms with Crippen LogP contribution < -0.4 is 10.2 Å². The lowest BCUT2D eigenvalue weighted by Gasteiger charge is -2.41. The third-order valence-electron chi connectivity index (χ3n) is 3.57. The Morgan fingerprint density at radius 1 is 1.28 bits per heavy atom. The summed E-state index contributed by atoms with van der Waals surface area (Å²) in [6.07, 6.45) is 1.17. The second-order valence-corrected chi connectivity index (χ2v) is 5.41. The average Bonchev–Trinajstić information content (AvgIpc) is 2.38. The van der Waals surface area contributed by atoms with Crippen molar-refractivity contribution in [2.24, 2.45) is 0 Å². The van der Waals surface area contributed by atoms with Crippen molar-refractivity contribution in [1.82, 2.24) is 10.2 Å². The maximum Gasteiger partial charge on any atom is 0.0429 e. The van der Waals surface area contributed by atoms with E-state index in [0.717, 1.165) is 31.2 Å². The summed E-state index contributed by atoms with van der Waals surface area (Å²) in [5, 5.41) is 4.05. The van der Waals surface area contributed by atoms with Crippen LogP contribution in [0.3, 0.4) is 0 Å². The molecule has 1 aromatic rings. The Hall–Kier alpha value is -0.770. The van der Waals surface area contributed by atoms with E-state index in [4.69, 9.17) is 11.6 Å². The van der Waals surface area contributed by atoms with Crippen LogP contribution in [0.25, 0.3) is 0 Å². The molecule has 1 N–H and O–H groups in total. The number of nitrogens with zero attached hydrogens (tertiary/aromatic N) is 2. The van der Waals surface area contributed by atoms with E-state index in [9.17, 15) is 0 Å². The molecule has 0 radical (unpaired) electrons. The van der Waals surface area contributed by atoms with Gasteiger partial charge in [0.1, 0.15) is 0 Å². The number of nitrogens with one attached hydrogen (secondary N) is 1. The van der Waals surface area contributed by atoms with Gasteiger partial charge in [-0.3, -0.25) is 0 Å². The standard InChI is InChI=1S/C14H22ClN3/c1-16-8-7-14-11-17(2)9-10-18(14)13-5-3-12(15)4-6-13/h3-6,14,16H,7-11H2,1-2H3. The molecule has 0 spiro atoms. The second kappa shape index (κ2) is 6.41. The van der Waals surface area contributed by atoms with Gasteiger partial charge in [0.25, 0.3) is 0 Å². The minimum absolute atomic E-state index is 0.581. The molecule has 3 nitrogen and oxygen atoms in total. The van der Waals surface area contributed by atoms with Gasteiger partial charge in [-0.2, -0.15) is 0 Å². The summed E-state index contributed by atoms with van der Waals surface area (Å²) in [5.74, 6) is 0. The van der Waals surface area contributed by atoms with Gasteiger partial charge in [0.15, 0.2) is 0 Å². The molecule has 0 bridgehead atoms. The Bertz CT molecular complexity index is 366. The van der Waals surface area contributed by atoms with Gasteiger partial charge >= 0.3 is 0 Å². The molecule has 1 aromatic carbocycles. The first-order valence-corrected chi connectivity index (χ1v) is 6.94. The van der Waals surface area contributed by atoms with Crippen LogP contribution >= 0.6 is 11.6 Å². The van der Waals surface area contributed by atoms with Gasteiger partial charge in [0, 0.05) is 36.4 Å². The fourth-order valence-electron chi connectivity index (χ4n) is 2.54. The number of anilines is 1. The number of hydrogen-bond donors (Lipinski definition) is 1. The summed E-state index contributed by atoms with van der Waals surface area (Å²) in [6.45, 7) is 4.40. The van der Waals surface area contributed by atoms with Gasteiger partial charge in [-0.05, 0) is 51.3 Å². The third-order valence-corrected chi connectivity index (χ3v) is 3.82. The third kappa shape index (κ3) is 3.37. The van der Waals surface area contributed by atoms with Crippen molar-refractivity contribution in [2.75, 3.05) is 45.2 Å². The van der Waals surface area contributed by atoms with E-state index in [1.165, 1.54) is 12.1 Å². The Kier molecular flexibility index (Phi) is 4.87. The van der Waals surface area contributed by atoms with Crippen molar-refractivity contribution in [2.45, 2.75) is 12.5 Å². The Morgan fingerprint density at radius 2 is 2.00 bits per heavy atom. The van der Waals surface area contributed by atoms with Gasteiger partial charge in [-0.25, -0.2) is 0 Å². The molecule has 18 heavy (non-hydrogen) atoms. The summed E-state index contributed by atoms with van der Waals surface area (Å²) in [4.78, 5) is 4.92. The van der Waals surface area contributed by atoms with E-state index in [1.54, 1.807) is 0 Å². The lowest BCUT2D eigenvalue weighted by molar-refractivity contribution is 0.260. The Morgan fingerprint density at radius 3 is 2.67 bits per heavy atom. The fourth-order valence-corrected chi connectivity index (χ4v) is 2.67. The highest BCUT2D eigenvalue weighted by Gasteiger charge is 2.24. The van der Waals surface area contributed by atoms with Gasteiger partial charge < -0.3 is 15.1 Å². The molecular weight excluding hydrogens is 246 g/mol. The topological polar surface area (TPSA) is 18.5 Å². The van der Waals surface area contributed by atoms with Crippen molar-refractivity contribution < 1.29 is 0 Å². The number of rotatable bonds is 4. The molecule has 4 heteroatoms. The summed E-state index contributed by atoms with van der Waals surface area (Å²) in [6, 6.07) is 8.78. The molecule has 1 saturated heterocycles. The number of piperazine rings is 1. The maximum atomic E-state index is 5.96. The van der Waals surface area contributed by atoms with E-state index in [2.05, 4.69) is 34.3 Å². The number of benzene rings is 1. The molecule has 0 aromatic heterocycles. The van der Waals surface area contributed by atoms with Crippen molar-refractivity contribution >= 4 is 17.3 Å². The fraction of sp³-hybridized carbons (Fsp3) is 0.571. The van der Waals surface area contributed by atoms with Gasteiger partial charge in [-0.1, -0.05) is 11.6 Å². The second-order valence-electron chi connectivity index (χ2n) is 4.98. The predicted molar refractivity (Wildman–Crippen MR) is 78.6 cm³/mol. The molecule has 1 aliphatic rings. The monoisotopic (exact) mass is 267 g/mol. The highest BCUT2D eigenvalue weighted by Crippen LogP contribution is 2.23. The molecule has 0 saturated carbocycles. The molecule has 0 aliphatic carbocycles. The summed E-state index contributed by atoms with van der Waals surface area (Å²) >= 11 is 5.96. The van der Waals surface area contributed by atoms with Crippen LogP contribution in [0.1, 0.15) is 6.42 Å². The number of halogens is 1. The molecule has 1 aliphatic heterocycles. The zero-order valence-corrected chi connectivity index (χ0v) is 12.0. The first-order valence-electron chi connectivity index (χ1n) is 6.56. The Labute approximate surface area is 115 Å². The van der Waals surface area contributed by atoms with E-state index in [1.807, 2.05) is 19.2 Å². The van der Waals surface area contributed by atoms with Crippen molar-refractivity contribution in [3.05, 3.63) is 29.3 Å². The van der Waals surface area contributed by atoms with Crippen molar-refractivity contribution in [3.63, 3.8) is 0 Å². The summed E-state index contributed by atoms with van der Waals surface area (Å²) in [5.41, 5.74) is 1.29. The molecule has 100 valence electrons. The molecule has 0 amide bonds. The quantitative estimate of drug-likeness (QED) is 0.901. The molecule has 2 rings (SSSR count). The van der Waals surface area contributed by atoms with Gasteiger partial charge in [0.05, 0.1) is 0 Å².